The summed E-state index contributed by atoms with van der Waals surface area (Å²) in [5.74, 6) is 2.40. The zero-order valence-electron chi connectivity index (χ0n) is 14.6. The molecule has 2 aromatic heterocycles. The molecule has 0 bridgehead atoms. The van der Waals surface area contributed by atoms with Crippen molar-refractivity contribution < 1.29 is 9.47 Å². The molecule has 3 rings (SSSR count). The van der Waals surface area contributed by atoms with Crippen molar-refractivity contribution >= 4 is 39.1 Å². The van der Waals surface area contributed by atoms with E-state index in [0.717, 1.165) is 27.2 Å². The lowest BCUT2D eigenvalue weighted by Gasteiger charge is -2.12. The number of benzene rings is 1. The van der Waals surface area contributed by atoms with E-state index in [2.05, 4.69) is 41.5 Å². The molecule has 3 aromatic rings. The highest BCUT2D eigenvalue weighted by Gasteiger charge is 2.08. The first-order valence-electron chi connectivity index (χ1n) is 7.80. The van der Waals surface area contributed by atoms with Gasteiger partial charge in [0, 0.05) is 24.0 Å². The van der Waals surface area contributed by atoms with Crippen molar-refractivity contribution in [3.05, 3.63) is 52.8 Å². The van der Waals surface area contributed by atoms with Gasteiger partial charge >= 0.3 is 0 Å². The van der Waals surface area contributed by atoms with E-state index >= 15 is 0 Å². The van der Waals surface area contributed by atoms with E-state index in [1.165, 1.54) is 0 Å². The van der Waals surface area contributed by atoms with E-state index in [0.29, 0.717) is 17.6 Å². The molecule has 7 nitrogen and oxygen atoms in total. The van der Waals surface area contributed by atoms with Crippen LogP contribution < -0.4 is 20.1 Å². The Bertz CT molecular complexity index is 903. The monoisotopic (exact) mass is 415 g/mol. The summed E-state index contributed by atoms with van der Waals surface area (Å²) in [6, 6.07) is 9.42. The fraction of sp³-hybridized carbons (Fsp3) is 0.167. The summed E-state index contributed by atoms with van der Waals surface area (Å²) in [6.07, 6.45) is 3.36. The van der Waals surface area contributed by atoms with Gasteiger partial charge in [0.15, 0.2) is 0 Å². The molecule has 2 N–H and O–H groups in total. The maximum absolute atomic E-state index is 5.27. The Hall–Kier alpha value is -2.87. The van der Waals surface area contributed by atoms with Crippen molar-refractivity contribution in [1.29, 1.82) is 0 Å². The smallest absolute Gasteiger partial charge is 0.229 e. The second-order valence-electron chi connectivity index (χ2n) is 5.41. The van der Waals surface area contributed by atoms with Crippen LogP contribution in [0.3, 0.4) is 0 Å². The average Bonchev–Trinajstić information content (AvgIpc) is 2.67. The minimum atomic E-state index is 0.466. The van der Waals surface area contributed by atoms with Crippen molar-refractivity contribution in [2.24, 2.45) is 0 Å². The minimum Gasteiger partial charge on any atom is -0.497 e. The molecule has 0 fully saturated rings. The van der Waals surface area contributed by atoms with Gasteiger partial charge in [-0.1, -0.05) is 6.07 Å². The van der Waals surface area contributed by atoms with E-state index in [9.17, 15) is 0 Å². The van der Waals surface area contributed by atoms with Gasteiger partial charge in [0.25, 0.3) is 0 Å². The molecule has 0 atom stereocenters. The van der Waals surface area contributed by atoms with Crippen molar-refractivity contribution in [1.82, 2.24) is 15.0 Å². The summed E-state index contributed by atoms with van der Waals surface area (Å²) in [5, 5.41) is 6.43. The number of pyridine rings is 1. The lowest BCUT2D eigenvalue weighted by molar-refractivity contribution is 0.398. The number of ether oxygens (including phenoxy) is 2. The van der Waals surface area contributed by atoms with E-state index in [-0.39, 0.29) is 0 Å². The molecule has 0 aliphatic rings. The van der Waals surface area contributed by atoms with Crippen LogP contribution >= 0.6 is 15.9 Å². The largest absolute Gasteiger partial charge is 0.497 e. The quantitative estimate of drug-likeness (QED) is 0.615. The van der Waals surface area contributed by atoms with Crippen molar-refractivity contribution in [2.75, 3.05) is 24.9 Å². The fourth-order valence-corrected chi connectivity index (χ4v) is 2.50. The standard InChI is InChI=1S/C18H18BrN5O2/c1-11-4-6-13(25-2)8-15(11)23-18-21-10-14(19)17(24-18)22-12-5-7-16(26-3)20-9-12/h4-10H,1-3H3,(H2,21,22,23,24). The summed E-state index contributed by atoms with van der Waals surface area (Å²) in [6.45, 7) is 2.00. The van der Waals surface area contributed by atoms with Gasteiger partial charge in [0.2, 0.25) is 11.8 Å². The van der Waals surface area contributed by atoms with Gasteiger partial charge < -0.3 is 20.1 Å². The molecule has 0 aliphatic carbocycles. The molecule has 26 heavy (non-hydrogen) atoms. The highest BCUT2D eigenvalue weighted by Crippen LogP contribution is 2.27. The number of methoxy groups -OCH3 is 2. The third-order valence-corrected chi connectivity index (χ3v) is 4.22. The molecule has 0 saturated carbocycles. The molecule has 2 heterocycles. The van der Waals surface area contributed by atoms with Gasteiger partial charge in [0.05, 0.1) is 30.6 Å². The first kappa shape index (κ1) is 17.9. The normalized spacial score (nSPS) is 10.3. The molecular formula is C18H18BrN5O2. The molecule has 0 amide bonds. The highest BCUT2D eigenvalue weighted by atomic mass is 79.9. The third-order valence-electron chi connectivity index (χ3n) is 3.64. The predicted octanol–water partition coefficient (Wildman–Crippen LogP) is 4.45. The Balaban J connectivity index is 1.83. The number of anilines is 4. The minimum absolute atomic E-state index is 0.466. The lowest BCUT2D eigenvalue weighted by atomic mass is 10.2. The summed E-state index contributed by atoms with van der Waals surface area (Å²) < 4.78 is 11.1. The van der Waals surface area contributed by atoms with Crippen molar-refractivity contribution in [3.8, 4) is 11.6 Å². The third kappa shape index (κ3) is 4.20. The van der Waals surface area contributed by atoms with Crippen LogP contribution in [0.1, 0.15) is 5.56 Å². The molecule has 1 aromatic carbocycles. The SMILES string of the molecule is COc1ccc(C)c(Nc2ncc(Br)c(Nc3ccc(OC)nc3)n2)c1. The highest BCUT2D eigenvalue weighted by molar-refractivity contribution is 9.10. The Labute approximate surface area is 159 Å². The Morgan fingerprint density at radius 3 is 2.50 bits per heavy atom. The molecule has 0 aliphatic heterocycles. The Kier molecular flexibility index (Phi) is 5.52. The fourth-order valence-electron chi connectivity index (χ4n) is 2.21. The summed E-state index contributed by atoms with van der Waals surface area (Å²) in [7, 11) is 3.21. The number of aromatic nitrogens is 3. The molecule has 0 saturated heterocycles. The maximum Gasteiger partial charge on any atom is 0.229 e. The molecule has 0 spiro atoms. The van der Waals surface area contributed by atoms with Gasteiger partial charge in [0.1, 0.15) is 11.6 Å². The van der Waals surface area contributed by atoms with Gasteiger partial charge in [-0.05, 0) is 40.5 Å². The average molecular weight is 416 g/mol. The molecule has 134 valence electrons. The second kappa shape index (κ2) is 8.01. The van der Waals surface area contributed by atoms with Gasteiger partial charge in [-0.2, -0.15) is 4.98 Å². The number of hydrogen-bond acceptors (Lipinski definition) is 7. The van der Waals surface area contributed by atoms with Gasteiger partial charge in [-0.25, -0.2) is 9.97 Å². The topological polar surface area (TPSA) is 81.2 Å². The van der Waals surface area contributed by atoms with Crippen molar-refractivity contribution in [3.63, 3.8) is 0 Å². The van der Waals surface area contributed by atoms with Crippen LogP contribution in [0.4, 0.5) is 23.1 Å². The van der Waals surface area contributed by atoms with Crippen LogP contribution in [-0.4, -0.2) is 29.2 Å². The zero-order chi connectivity index (χ0) is 18.5. The number of nitrogens with one attached hydrogen (secondary N) is 2. The lowest BCUT2D eigenvalue weighted by Crippen LogP contribution is -2.03. The Morgan fingerprint density at radius 2 is 1.81 bits per heavy atom. The number of hydrogen-bond donors (Lipinski definition) is 2. The van der Waals surface area contributed by atoms with Crippen LogP contribution in [0.5, 0.6) is 11.6 Å². The van der Waals surface area contributed by atoms with Gasteiger partial charge in [-0.3, -0.25) is 0 Å². The second-order valence-corrected chi connectivity index (χ2v) is 6.26. The summed E-state index contributed by atoms with van der Waals surface area (Å²) in [5.41, 5.74) is 2.73. The first-order valence-corrected chi connectivity index (χ1v) is 8.59. The summed E-state index contributed by atoms with van der Waals surface area (Å²) >= 11 is 3.46. The molecular weight excluding hydrogens is 398 g/mol. The number of nitrogens with zero attached hydrogens (tertiary/aromatic N) is 3. The predicted molar refractivity (Wildman–Crippen MR) is 105 cm³/mol. The van der Waals surface area contributed by atoms with E-state index < -0.39 is 0 Å². The van der Waals surface area contributed by atoms with Crippen LogP contribution in [0, 0.1) is 6.92 Å². The number of halogens is 1. The molecule has 0 radical (unpaired) electrons. The summed E-state index contributed by atoms with van der Waals surface area (Å²) in [4.78, 5) is 13.0. The van der Waals surface area contributed by atoms with Crippen LogP contribution in [-0.2, 0) is 0 Å². The van der Waals surface area contributed by atoms with Crippen molar-refractivity contribution in [2.45, 2.75) is 6.92 Å². The van der Waals surface area contributed by atoms with Crippen LogP contribution in [0.15, 0.2) is 47.2 Å². The molecule has 0 unspecified atom stereocenters. The number of rotatable bonds is 6. The Morgan fingerprint density at radius 1 is 0.962 bits per heavy atom. The zero-order valence-corrected chi connectivity index (χ0v) is 16.2. The van der Waals surface area contributed by atoms with E-state index in [1.807, 2.05) is 31.2 Å². The van der Waals surface area contributed by atoms with Gasteiger partial charge in [-0.15, -0.1) is 0 Å². The number of aryl methyl sites for hydroxylation is 1. The maximum atomic E-state index is 5.27. The van der Waals surface area contributed by atoms with Crippen LogP contribution in [0.2, 0.25) is 0 Å². The van der Waals surface area contributed by atoms with E-state index in [4.69, 9.17) is 9.47 Å². The molecule has 8 heteroatoms. The van der Waals surface area contributed by atoms with E-state index in [1.54, 1.807) is 32.7 Å². The first-order chi connectivity index (χ1) is 12.6. The van der Waals surface area contributed by atoms with Crippen LogP contribution in [0.25, 0.3) is 0 Å².